The van der Waals surface area contributed by atoms with Crippen molar-refractivity contribution in [1.29, 1.82) is 0 Å². The number of hydrogen-bond donors (Lipinski definition) is 2. The summed E-state index contributed by atoms with van der Waals surface area (Å²) in [7, 11) is -3.68. The minimum absolute atomic E-state index is 0.00427. The smallest absolute Gasteiger partial charge is 0.321 e. The molecule has 0 saturated carbocycles. The van der Waals surface area contributed by atoms with E-state index in [0.29, 0.717) is 23.7 Å². The molecule has 28 heavy (non-hydrogen) atoms. The lowest BCUT2D eigenvalue weighted by molar-refractivity contribution is 0.101. The number of nitrogens with one attached hydrogen (secondary N) is 2. The fourth-order valence-electron chi connectivity index (χ4n) is 2.84. The van der Waals surface area contributed by atoms with Crippen LogP contribution in [0.2, 0.25) is 0 Å². The third-order valence-corrected chi connectivity index (χ3v) is 7.09. The molecule has 1 aliphatic rings. The Bertz CT molecular complexity index is 997. The molecule has 10 heteroatoms. The summed E-state index contributed by atoms with van der Waals surface area (Å²) in [6.45, 7) is 5.67. The molecule has 1 aromatic heterocycles. The molecular weight excluding hydrogens is 400 g/mol. The quantitative estimate of drug-likeness (QED) is 0.720. The van der Waals surface area contributed by atoms with Crippen molar-refractivity contribution in [2.75, 3.05) is 11.9 Å². The molecule has 2 aromatic rings. The van der Waals surface area contributed by atoms with Crippen LogP contribution in [0.4, 0.5) is 9.93 Å². The number of urea groups is 1. The predicted octanol–water partition coefficient (Wildman–Crippen LogP) is 2.62. The van der Waals surface area contributed by atoms with Crippen molar-refractivity contribution in [3.63, 3.8) is 0 Å². The van der Waals surface area contributed by atoms with Gasteiger partial charge in [0.25, 0.3) is 0 Å². The minimum Gasteiger partial charge on any atom is -0.336 e. The number of hydrogen-bond acceptors (Lipinski definition) is 6. The Kier molecular flexibility index (Phi) is 5.82. The Hall–Kier alpha value is -2.30. The van der Waals surface area contributed by atoms with Crippen LogP contribution in [0, 0.1) is 0 Å². The highest BCUT2D eigenvalue weighted by Crippen LogP contribution is 2.31. The van der Waals surface area contributed by atoms with Crippen molar-refractivity contribution >= 4 is 38.3 Å². The summed E-state index contributed by atoms with van der Waals surface area (Å²) in [5.41, 5.74) is 1.28. The molecule has 0 saturated heterocycles. The van der Waals surface area contributed by atoms with Crippen LogP contribution in [-0.2, 0) is 23.0 Å². The maximum absolute atomic E-state index is 12.9. The molecule has 2 N–H and O–H groups in total. The fourth-order valence-corrected chi connectivity index (χ4v) is 5.35. The Labute approximate surface area is 168 Å². The van der Waals surface area contributed by atoms with Gasteiger partial charge in [0.05, 0.1) is 17.1 Å². The summed E-state index contributed by atoms with van der Waals surface area (Å²) < 4.78 is 27.3. The van der Waals surface area contributed by atoms with Crippen LogP contribution in [0.5, 0.6) is 0 Å². The van der Waals surface area contributed by atoms with Crippen molar-refractivity contribution in [2.24, 2.45) is 0 Å². The zero-order valence-electron chi connectivity index (χ0n) is 15.9. The molecule has 0 aliphatic carbocycles. The molecule has 0 spiro atoms. The van der Waals surface area contributed by atoms with Gasteiger partial charge in [-0.3, -0.25) is 10.1 Å². The van der Waals surface area contributed by atoms with Crippen molar-refractivity contribution in [1.82, 2.24) is 14.6 Å². The lowest BCUT2D eigenvalue weighted by Crippen LogP contribution is -2.35. The van der Waals surface area contributed by atoms with Gasteiger partial charge in [-0.15, -0.1) is 0 Å². The van der Waals surface area contributed by atoms with E-state index in [1.54, 1.807) is 0 Å². The molecule has 2 amide bonds. The number of aromatic nitrogens is 1. The second-order valence-corrected chi connectivity index (χ2v) is 9.83. The molecule has 150 valence electrons. The Morgan fingerprint density at radius 3 is 2.50 bits per heavy atom. The molecule has 2 heterocycles. The van der Waals surface area contributed by atoms with E-state index in [0.717, 1.165) is 10.6 Å². The molecule has 0 radical (unpaired) electrons. The van der Waals surface area contributed by atoms with Crippen molar-refractivity contribution < 1.29 is 18.0 Å². The largest absolute Gasteiger partial charge is 0.336 e. The summed E-state index contributed by atoms with van der Waals surface area (Å²) in [6, 6.07) is 5.62. The molecule has 3 rings (SSSR count). The average molecular weight is 423 g/mol. The monoisotopic (exact) mass is 422 g/mol. The first kappa shape index (κ1) is 20.4. The minimum atomic E-state index is -3.68. The first-order valence-electron chi connectivity index (χ1n) is 8.84. The van der Waals surface area contributed by atoms with Crippen LogP contribution in [-0.4, -0.2) is 42.1 Å². The molecule has 0 unspecified atom stereocenters. The molecular formula is C18H22N4O4S2. The van der Waals surface area contributed by atoms with E-state index >= 15 is 0 Å². The molecule has 8 nitrogen and oxygen atoms in total. The fraction of sp³-hybridized carbons (Fsp3) is 0.389. The van der Waals surface area contributed by atoms with Gasteiger partial charge in [0.1, 0.15) is 0 Å². The van der Waals surface area contributed by atoms with Gasteiger partial charge in [-0.1, -0.05) is 23.5 Å². The van der Waals surface area contributed by atoms with Crippen LogP contribution in [0.1, 0.15) is 41.7 Å². The van der Waals surface area contributed by atoms with Gasteiger partial charge in [0.15, 0.2) is 10.9 Å². The van der Waals surface area contributed by atoms with E-state index in [1.165, 1.54) is 46.8 Å². The Morgan fingerprint density at radius 1 is 1.21 bits per heavy atom. The lowest BCUT2D eigenvalue weighted by Gasteiger charge is -2.25. The van der Waals surface area contributed by atoms with Crippen LogP contribution in [0.25, 0.3) is 0 Å². The van der Waals surface area contributed by atoms with E-state index in [4.69, 9.17) is 0 Å². The molecule has 0 atom stereocenters. The Balaban J connectivity index is 1.75. The topological polar surface area (TPSA) is 108 Å². The predicted molar refractivity (Wildman–Crippen MR) is 107 cm³/mol. The number of carbonyl (C=O) groups excluding carboxylic acids is 2. The van der Waals surface area contributed by atoms with Crippen LogP contribution >= 0.6 is 11.3 Å². The normalized spacial score (nSPS) is 14.6. The third-order valence-electron chi connectivity index (χ3n) is 4.24. The number of carbonyl (C=O) groups is 2. The maximum Gasteiger partial charge on any atom is 0.321 e. The number of benzene rings is 1. The highest BCUT2D eigenvalue weighted by atomic mass is 32.2. The van der Waals surface area contributed by atoms with E-state index in [1.807, 2.05) is 13.8 Å². The van der Waals surface area contributed by atoms with Gasteiger partial charge in [0, 0.05) is 29.4 Å². The Morgan fingerprint density at radius 2 is 1.89 bits per heavy atom. The molecule has 0 bridgehead atoms. The van der Waals surface area contributed by atoms with Crippen molar-refractivity contribution in [3.05, 3.63) is 40.4 Å². The number of amides is 2. The van der Waals surface area contributed by atoms with E-state index in [-0.39, 0.29) is 29.3 Å². The zero-order chi connectivity index (χ0) is 20.5. The average Bonchev–Trinajstić information content (AvgIpc) is 3.02. The van der Waals surface area contributed by atoms with Gasteiger partial charge in [-0.2, -0.15) is 4.31 Å². The van der Waals surface area contributed by atoms with Gasteiger partial charge in [-0.05, 0) is 32.9 Å². The summed E-state index contributed by atoms with van der Waals surface area (Å²) in [5.74, 6) is -0.113. The number of nitrogens with zero attached hydrogens (tertiary/aromatic N) is 2. The van der Waals surface area contributed by atoms with Gasteiger partial charge in [0.2, 0.25) is 10.0 Å². The molecule has 1 aromatic carbocycles. The van der Waals surface area contributed by atoms with Gasteiger partial charge in [-0.25, -0.2) is 18.2 Å². The summed E-state index contributed by atoms with van der Waals surface area (Å²) in [5, 5.41) is 5.87. The maximum atomic E-state index is 12.9. The van der Waals surface area contributed by atoms with Crippen LogP contribution in [0.3, 0.4) is 0 Å². The third kappa shape index (κ3) is 4.40. The number of fused-ring (bicyclic) bond motifs is 1. The number of Topliss-reactive ketones (excluding diaryl/α,β-unsaturated/α-hetero) is 1. The number of sulfonamides is 1. The molecule has 0 fully saturated rings. The van der Waals surface area contributed by atoms with Crippen molar-refractivity contribution in [3.8, 4) is 0 Å². The summed E-state index contributed by atoms with van der Waals surface area (Å²) in [4.78, 5) is 28.6. The SMILES string of the molecule is CC(=O)c1ccc(S(=O)(=O)N2CCc3nc(NC(=O)NC(C)C)sc3C2)cc1. The number of thiazole rings is 1. The second kappa shape index (κ2) is 7.98. The number of rotatable bonds is 5. The standard InChI is InChI=1S/C18H22N4O4S2/c1-11(2)19-17(24)21-18-20-15-8-9-22(10-16(15)27-18)28(25,26)14-6-4-13(5-7-14)12(3)23/h4-7,11H,8-10H2,1-3H3,(H2,19,20,21,24). The number of anilines is 1. The first-order chi connectivity index (χ1) is 13.2. The van der Waals surface area contributed by atoms with Gasteiger partial charge < -0.3 is 5.32 Å². The first-order valence-corrected chi connectivity index (χ1v) is 11.1. The highest BCUT2D eigenvalue weighted by molar-refractivity contribution is 7.89. The van der Waals surface area contributed by atoms with E-state index < -0.39 is 10.0 Å². The van der Waals surface area contributed by atoms with Crippen LogP contribution in [0.15, 0.2) is 29.2 Å². The van der Waals surface area contributed by atoms with E-state index in [9.17, 15) is 18.0 Å². The van der Waals surface area contributed by atoms with Crippen molar-refractivity contribution in [2.45, 2.75) is 44.7 Å². The summed E-state index contributed by atoms with van der Waals surface area (Å²) >= 11 is 1.28. The zero-order valence-corrected chi connectivity index (χ0v) is 17.5. The van der Waals surface area contributed by atoms with Crippen LogP contribution < -0.4 is 10.6 Å². The second-order valence-electron chi connectivity index (χ2n) is 6.81. The number of ketones is 1. The summed E-state index contributed by atoms with van der Waals surface area (Å²) in [6.07, 6.45) is 0.476. The molecule has 1 aliphatic heterocycles. The van der Waals surface area contributed by atoms with Gasteiger partial charge >= 0.3 is 6.03 Å². The highest BCUT2D eigenvalue weighted by Gasteiger charge is 2.30. The van der Waals surface area contributed by atoms with E-state index in [2.05, 4.69) is 15.6 Å². The lowest BCUT2D eigenvalue weighted by atomic mass is 10.2.